The third kappa shape index (κ3) is 21.0. The highest BCUT2D eigenvalue weighted by Gasteiger charge is 2.26. The summed E-state index contributed by atoms with van der Waals surface area (Å²) in [6.07, 6.45) is 11.0. The molecule has 20 rings (SSSR count). The molecule has 4 aliphatic rings. The van der Waals surface area contributed by atoms with Gasteiger partial charge >= 0.3 is 0 Å². The van der Waals surface area contributed by atoms with E-state index in [1.807, 2.05) is 212 Å². The number of nitrogens with two attached hydrogens (primary N) is 4. The Balaban J connectivity index is 0.000000386. The molecule has 0 atom stereocenters. The maximum Gasteiger partial charge on any atom is 0.253 e. The molecule has 32 heteroatoms. The number of hydrogen-bond acceptors (Lipinski definition) is 24. The fourth-order valence-electron chi connectivity index (χ4n) is 16.2. The summed E-state index contributed by atoms with van der Waals surface area (Å²) in [5, 5.41) is 6.32. The molecule has 0 aliphatic carbocycles. The van der Waals surface area contributed by atoms with Gasteiger partial charge in [-0.3, -0.25) is 19.2 Å². The van der Waals surface area contributed by atoms with Crippen molar-refractivity contribution in [1.29, 1.82) is 0 Å². The monoisotopic (exact) mass is 1780 g/mol. The van der Waals surface area contributed by atoms with Crippen LogP contribution in [0.15, 0.2) is 195 Å². The lowest BCUT2D eigenvalue weighted by Crippen LogP contribution is -2.47. The fourth-order valence-corrected chi connectivity index (χ4v) is 16.2. The lowest BCUT2D eigenvalue weighted by atomic mass is 10.1. The maximum atomic E-state index is 13.0. The van der Waals surface area contributed by atoms with E-state index in [0.29, 0.717) is 121 Å². The molecule has 12 heterocycles. The van der Waals surface area contributed by atoms with Crippen molar-refractivity contribution >= 4 is 91.0 Å². The summed E-state index contributed by atoms with van der Waals surface area (Å²) >= 11 is 0. The SMILES string of the molecule is C.Cc1ccc2nc(-c3nc(-c4ccc(C(=O)N5CCCN(C)CC5)cc4)cnc3N)[nH]c2c1.Cc1ccc2nc(-c3nc(-c4ccc(C(=O)N5CCCNCC5)cc4)cnc3N)[nH]c2c1.Cc1ccc2nc(-c3nc(-c4ccc(C(=O)N5CCN(C)CC5)cc4)cnc3N)[nH]c2c1.Cc1ccc2nc(-c3nc(-c4ccc(C(=O)NCCN5CCCC5)cc4)cnc3N)[nH]c2c1.[HH].[HH].[HH].[HH].[HH].[HH].[HH].[HH].[HH].[HH].[HH].[HH]. The van der Waals surface area contributed by atoms with Gasteiger partial charge in [-0.15, -0.1) is 0 Å². The van der Waals surface area contributed by atoms with Crippen LogP contribution in [-0.2, 0) is 0 Å². The molecular formula is C99H132N28O4. The topological polar surface area (TPSA) is 434 Å². The van der Waals surface area contributed by atoms with Gasteiger partial charge < -0.3 is 82.9 Å². The minimum atomic E-state index is -0.0672. The van der Waals surface area contributed by atoms with E-state index in [1.165, 1.54) is 12.8 Å². The summed E-state index contributed by atoms with van der Waals surface area (Å²) in [6, 6.07) is 53.9. The van der Waals surface area contributed by atoms with Crippen LogP contribution in [0.4, 0.5) is 23.3 Å². The van der Waals surface area contributed by atoms with Gasteiger partial charge in [0, 0.05) is 140 Å². The summed E-state index contributed by atoms with van der Waals surface area (Å²) in [7, 11) is 4.17. The van der Waals surface area contributed by atoms with Gasteiger partial charge in [0.05, 0.1) is 91.7 Å². The number of nitrogens with zero attached hydrogens (tertiary/aromatic N) is 18. The number of likely N-dealkylation sites (N-methyl/N-ethyl adjacent to an activating group) is 2. The second-order valence-electron chi connectivity index (χ2n) is 33.4. The Bertz CT molecular complexity index is 6850. The molecule has 0 saturated carbocycles. The quantitative estimate of drug-likeness (QED) is 0.0456. The van der Waals surface area contributed by atoms with Crippen molar-refractivity contribution < 1.29 is 36.3 Å². The van der Waals surface area contributed by atoms with E-state index in [-0.39, 0.29) is 48.2 Å². The standard InChI is InChI=1S/2C25H27N7O.2C24H25N7O.CH4.12H2/c1-16-4-9-19-20(14-16)30-24(29-19)22-23(26)27-15-21(28-22)17-5-7-18(8-6-17)25(33)32-11-3-10-31(2)12-13-32;1-16-4-9-19-20(14-16)31-24(30-19)22-23(26)28-15-21(29-22)17-5-7-18(8-6-17)25(33)27-10-13-32-11-2-3-12-32;1-15-3-8-18-19(13-15)29-23(28-18)21-22(25)26-14-20(27-21)16-4-6-17(7-5-16)24(32)31-11-9-30(2)10-12-31;1-15-3-8-18-19(13-15)30-23(29-18)21-22(25)27-14-20(28-21)16-4-6-17(7-5-16)24(32)31-11-2-9-26-10-12-31;;;;;;;;;;;;;/h4-9,14-15H,3,10-13H2,1-2H3,(H2,26,27)(H,29,30);4-9,14-15H,2-3,10-13H2,1H3,(H2,26,28)(H,27,33)(H,30,31);3-8,13-14H,9-12H2,1-2H3,(H2,25,26)(H,28,29);3-8,13-14,26H,2,9-12H2,1H3,(H2,25,27)(H,29,30);1H4;12*1H. The summed E-state index contributed by atoms with van der Waals surface area (Å²) in [5.74, 6) is 3.69. The highest BCUT2D eigenvalue weighted by atomic mass is 16.2. The van der Waals surface area contributed by atoms with Crippen molar-refractivity contribution in [2.45, 2.75) is 60.8 Å². The number of aromatic amines is 4. The number of imidazole rings is 4. The number of likely N-dealkylation sites (tertiary alicyclic amines) is 1. The van der Waals surface area contributed by atoms with Gasteiger partial charge in [-0.05, 0) is 213 Å². The Morgan fingerprint density at radius 2 is 0.649 bits per heavy atom. The van der Waals surface area contributed by atoms with Gasteiger partial charge in [-0.2, -0.15) is 0 Å². The molecule has 8 aromatic carbocycles. The normalized spacial score (nSPS) is 14.5. The van der Waals surface area contributed by atoms with E-state index >= 15 is 0 Å². The predicted molar refractivity (Wildman–Crippen MR) is 542 cm³/mol. The van der Waals surface area contributed by atoms with Crippen LogP contribution < -0.4 is 33.6 Å². The van der Waals surface area contributed by atoms with Crippen molar-refractivity contribution in [3.05, 3.63) is 239 Å². The number of rotatable bonds is 15. The van der Waals surface area contributed by atoms with Crippen molar-refractivity contribution in [3.63, 3.8) is 0 Å². The number of fused-ring (bicyclic) bond motifs is 4. The average molecular weight is 1780 g/mol. The Labute approximate surface area is 776 Å². The van der Waals surface area contributed by atoms with E-state index in [9.17, 15) is 19.2 Å². The van der Waals surface area contributed by atoms with Crippen LogP contribution >= 0.6 is 0 Å². The number of nitrogen functional groups attached to an aromatic ring is 4. The largest absolute Gasteiger partial charge is 0.382 e. The zero-order valence-electron chi connectivity index (χ0n) is 73.6. The zero-order chi connectivity index (χ0) is 90.1. The molecule has 32 nitrogen and oxygen atoms in total. The molecule has 4 aliphatic heterocycles. The Kier molecular flexibility index (Phi) is 27.3. The molecule has 16 aromatic rings. The molecule has 14 N–H and O–H groups in total. The molecule has 0 bridgehead atoms. The summed E-state index contributed by atoms with van der Waals surface area (Å²) in [6.45, 7) is 22.0. The number of amides is 4. The lowest BCUT2D eigenvalue weighted by Gasteiger charge is -2.32. The predicted octanol–water partition coefficient (Wildman–Crippen LogP) is 16.3. The number of anilines is 4. The second kappa shape index (κ2) is 40.0. The second-order valence-corrected chi connectivity index (χ2v) is 33.4. The van der Waals surface area contributed by atoms with Crippen LogP contribution in [0.2, 0.25) is 0 Å². The number of nitrogens with one attached hydrogen (secondary N) is 6. The van der Waals surface area contributed by atoms with Crippen molar-refractivity contribution in [3.8, 4) is 91.1 Å². The Hall–Kier alpha value is -15.1. The number of hydrogen-bond donors (Lipinski definition) is 10. The molecule has 0 spiro atoms. The van der Waals surface area contributed by atoms with Crippen LogP contribution in [0.3, 0.4) is 0 Å². The molecule has 4 fully saturated rings. The Morgan fingerprint density at radius 3 is 0.992 bits per heavy atom. The number of carbonyl (C=O) groups excluding carboxylic acids is 4. The average Bonchev–Trinajstić information content (AvgIpc) is 1.67. The van der Waals surface area contributed by atoms with Gasteiger partial charge in [0.15, 0.2) is 46.6 Å². The summed E-state index contributed by atoms with van der Waals surface area (Å²) in [4.78, 5) is 132. The molecule has 8 aromatic heterocycles. The van der Waals surface area contributed by atoms with Crippen LogP contribution in [0, 0.1) is 27.7 Å². The van der Waals surface area contributed by atoms with Gasteiger partial charge in [0.2, 0.25) is 0 Å². The van der Waals surface area contributed by atoms with E-state index in [1.54, 1.807) is 24.8 Å². The minimum Gasteiger partial charge on any atom is -0.382 e. The van der Waals surface area contributed by atoms with Crippen LogP contribution in [0.1, 0.15) is 114 Å². The number of H-pyrrole nitrogens is 4. The first-order chi connectivity index (χ1) is 63.1. The zero-order valence-corrected chi connectivity index (χ0v) is 73.6. The third-order valence-electron chi connectivity index (χ3n) is 23.7. The van der Waals surface area contributed by atoms with E-state index in [0.717, 1.165) is 200 Å². The summed E-state index contributed by atoms with van der Waals surface area (Å²) < 4.78 is 0. The van der Waals surface area contributed by atoms with Gasteiger partial charge in [0.1, 0.15) is 22.8 Å². The van der Waals surface area contributed by atoms with Gasteiger partial charge in [-0.25, -0.2) is 59.8 Å². The number of carbonyl (C=O) groups is 4. The highest BCUT2D eigenvalue weighted by molar-refractivity contribution is 5.98. The fraction of sp³-hybridized carbons (Fsp3) is 0.273. The summed E-state index contributed by atoms with van der Waals surface area (Å²) in [5.41, 5.74) is 47.0. The van der Waals surface area contributed by atoms with Crippen molar-refractivity contribution in [1.82, 2.24) is 120 Å². The highest BCUT2D eigenvalue weighted by Crippen LogP contribution is 2.34. The first-order valence-electron chi connectivity index (χ1n) is 43.9. The molecule has 0 radical (unpaired) electrons. The van der Waals surface area contributed by atoms with Crippen LogP contribution in [0.5, 0.6) is 0 Å². The van der Waals surface area contributed by atoms with Crippen molar-refractivity contribution in [2.75, 3.05) is 142 Å². The number of benzene rings is 8. The lowest BCUT2D eigenvalue weighted by molar-refractivity contribution is 0.0663. The van der Waals surface area contributed by atoms with Crippen LogP contribution in [0.25, 0.3) is 135 Å². The van der Waals surface area contributed by atoms with Crippen molar-refractivity contribution in [2.24, 2.45) is 0 Å². The van der Waals surface area contributed by atoms with Crippen LogP contribution in [-0.4, -0.2) is 252 Å². The number of aromatic nitrogens is 16. The van der Waals surface area contributed by atoms with Gasteiger partial charge in [0.25, 0.3) is 23.6 Å². The first-order valence-corrected chi connectivity index (χ1v) is 43.9. The molecule has 4 saturated heterocycles. The van der Waals surface area contributed by atoms with E-state index < -0.39 is 0 Å². The number of piperazine rings is 1. The minimum absolute atomic E-state index is 0. The van der Waals surface area contributed by atoms with E-state index in [4.69, 9.17) is 42.9 Å². The Morgan fingerprint density at radius 1 is 0.344 bits per heavy atom. The molecule has 0 unspecified atom stereocenters. The number of aryl methyl sites for hydroxylation is 4. The molecule has 692 valence electrons. The third-order valence-corrected chi connectivity index (χ3v) is 23.7. The van der Waals surface area contributed by atoms with E-state index in [2.05, 4.69) is 99.2 Å². The molecule has 4 amide bonds. The molecular weight excluding hydrogens is 1650 g/mol. The first kappa shape index (κ1) is 89.3. The maximum absolute atomic E-state index is 13.0. The molecule has 131 heavy (non-hydrogen) atoms. The van der Waals surface area contributed by atoms with Gasteiger partial charge in [-0.1, -0.05) is 80.2 Å². The smallest absolute Gasteiger partial charge is 0.253 e.